The fraction of sp³-hybridized carbons (Fsp3) is 0.417. The zero-order valence-electron chi connectivity index (χ0n) is 9.63. The molecule has 0 aliphatic rings. The first-order chi connectivity index (χ1) is 8.15. The summed E-state index contributed by atoms with van der Waals surface area (Å²) in [6.45, 7) is 1.95. The van der Waals surface area contributed by atoms with Gasteiger partial charge in [-0.15, -0.1) is 0 Å². The minimum absolute atomic E-state index is 0.241. The summed E-state index contributed by atoms with van der Waals surface area (Å²) >= 11 is 0. The van der Waals surface area contributed by atoms with E-state index in [1.807, 2.05) is 6.92 Å². The van der Waals surface area contributed by atoms with Gasteiger partial charge >= 0.3 is 11.9 Å². The first-order valence-corrected chi connectivity index (χ1v) is 5.47. The van der Waals surface area contributed by atoms with Gasteiger partial charge in [0.15, 0.2) is 0 Å². The Hall–Kier alpha value is -1.91. The molecule has 0 aromatic carbocycles. The minimum Gasteiger partial charge on any atom is -0.478 e. The van der Waals surface area contributed by atoms with Crippen molar-refractivity contribution < 1.29 is 19.4 Å². The SMILES string of the molecule is CCCCC(=O)OC(C(=O)O)c1ccncc1. The van der Waals surface area contributed by atoms with Gasteiger partial charge in [0.2, 0.25) is 6.10 Å². The number of carboxylic acid groups (broad SMARTS) is 1. The summed E-state index contributed by atoms with van der Waals surface area (Å²) in [6, 6.07) is 3.04. The van der Waals surface area contributed by atoms with Gasteiger partial charge in [0.25, 0.3) is 0 Å². The lowest BCUT2D eigenvalue weighted by molar-refractivity contribution is -0.164. The van der Waals surface area contributed by atoms with Gasteiger partial charge in [-0.25, -0.2) is 4.79 Å². The number of aliphatic carboxylic acids is 1. The Labute approximate surface area is 99.4 Å². The molecule has 17 heavy (non-hydrogen) atoms. The lowest BCUT2D eigenvalue weighted by Gasteiger charge is -2.13. The molecular formula is C12H15NO4. The monoisotopic (exact) mass is 237 g/mol. The standard InChI is InChI=1S/C12H15NO4/c1-2-3-4-10(14)17-11(12(15)16)9-5-7-13-8-6-9/h5-8,11H,2-4H2,1H3,(H,15,16). The van der Waals surface area contributed by atoms with Crippen molar-refractivity contribution >= 4 is 11.9 Å². The average Bonchev–Trinajstić information content (AvgIpc) is 2.34. The van der Waals surface area contributed by atoms with Crippen molar-refractivity contribution in [3.63, 3.8) is 0 Å². The second-order valence-electron chi connectivity index (χ2n) is 3.59. The molecular weight excluding hydrogens is 222 g/mol. The Morgan fingerprint density at radius 1 is 1.41 bits per heavy atom. The maximum Gasteiger partial charge on any atom is 0.349 e. The van der Waals surface area contributed by atoms with Crippen molar-refractivity contribution in [1.29, 1.82) is 0 Å². The highest BCUT2D eigenvalue weighted by atomic mass is 16.6. The maximum absolute atomic E-state index is 11.4. The predicted molar refractivity (Wildman–Crippen MR) is 60.2 cm³/mol. The van der Waals surface area contributed by atoms with Crippen LogP contribution in [0.1, 0.15) is 37.9 Å². The van der Waals surface area contributed by atoms with E-state index in [0.717, 1.165) is 6.42 Å². The number of hydrogen-bond acceptors (Lipinski definition) is 4. The molecule has 1 aromatic heterocycles. The van der Waals surface area contributed by atoms with Crippen LogP contribution in [-0.4, -0.2) is 22.0 Å². The van der Waals surface area contributed by atoms with E-state index in [4.69, 9.17) is 9.84 Å². The molecule has 0 fully saturated rings. The third-order valence-electron chi connectivity index (χ3n) is 2.22. The number of pyridine rings is 1. The molecule has 1 unspecified atom stereocenters. The van der Waals surface area contributed by atoms with Crippen LogP contribution in [0.5, 0.6) is 0 Å². The number of hydrogen-bond donors (Lipinski definition) is 1. The summed E-state index contributed by atoms with van der Waals surface area (Å²) in [6.07, 6.45) is 3.48. The maximum atomic E-state index is 11.4. The van der Waals surface area contributed by atoms with Crippen LogP contribution in [0.3, 0.4) is 0 Å². The molecule has 0 saturated heterocycles. The van der Waals surface area contributed by atoms with Crippen LogP contribution in [0.2, 0.25) is 0 Å². The lowest BCUT2D eigenvalue weighted by Crippen LogP contribution is -2.19. The summed E-state index contributed by atoms with van der Waals surface area (Å²) in [5.74, 6) is -1.67. The number of rotatable bonds is 6. The molecule has 1 heterocycles. The highest BCUT2D eigenvalue weighted by molar-refractivity contribution is 5.79. The van der Waals surface area contributed by atoms with E-state index in [-0.39, 0.29) is 6.42 Å². The van der Waals surface area contributed by atoms with Crippen LogP contribution in [0.25, 0.3) is 0 Å². The molecule has 0 aliphatic heterocycles. The van der Waals surface area contributed by atoms with E-state index >= 15 is 0 Å². The molecule has 1 aromatic rings. The Morgan fingerprint density at radius 3 is 2.59 bits per heavy atom. The number of aromatic nitrogens is 1. The molecule has 5 heteroatoms. The number of carboxylic acids is 1. The number of unbranched alkanes of at least 4 members (excludes halogenated alkanes) is 1. The molecule has 0 radical (unpaired) electrons. The van der Waals surface area contributed by atoms with Gasteiger partial charge in [-0.2, -0.15) is 0 Å². The highest BCUT2D eigenvalue weighted by Crippen LogP contribution is 2.18. The summed E-state index contributed by atoms with van der Waals surface area (Å²) in [5, 5.41) is 9.00. The van der Waals surface area contributed by atoms with Crippen LogP contribution in [0, 0.1) is 0 Å². The first kappa shape index (κ1) is 13.2. The molecule has 0 bridgehead atoms. The molecule has 1 rings (SSSR count). The van der Waals surface area contributed by atoms with Crippen LogP contribution < -0.4 is 0 Å². The fourth-order valence-corrected chi connectivity index (χ4v) is 1.31. The lowest BCUT2D eigenvalue weighted by atomic mass is 10.1. The number of nitrogens with zero attached hydrogens (tertiary/aromatic N) is 1. The average molecular weight is 237 g/mol. The normalized spacial score (nSPS) is 11.8. The van der Waals surface area contributed by atoms with Gasteiger partial charge in [0.1, 0.15) is 0 Å². The van der Waals surface area contributed by atoms with Crippen molar-refractivity contribution in [3.05, 3.63) is 30.1 Å². The predicted octanol–water partition coefficient (Wildman–Crippen LogP) is 1.94. The summed E-state index contributed by atoms with van der Waals surface area (Å²) < 4.78 is 4.93. The third kappa shape index (κ3) is 4.22. The van der Waals surface area contributed by atoms with Gasteiger partial charge < -0.3 is 9.84 Å². The first-order valence-electron chi connectivity index (χ1n) is 5.47. The van der Waals surface area contributed by atoms with Crippen molar-refractivity contribution in [3.8, 4) is 0 Å². The van der Waals surface area contributed by atoms with Gasteiger partial charge in [-0.05, 0) is 18.6 Å². The Bertz CT molecular complexity index is 377. The Kier molecular flexibility index (Phi) is 5.13. The van der Waals surface area contributed by atoms with Crippen molar-refractivity contribution in [2.24, 2.45) is 0 Å². The minimum atomic E-state index is -1.25. The zero-order valence-corrected chi connectivity index (χ0v) is 9.63. The molecule has 0 spiro atoms. The van der Waals surface area contributed by atoms with Crippen LogP contribution >= 0.6 is 0 Å². The van der Waals surface area contributed by atoms with E-state index < -0.39 is 18.0 Å². The van der Waals surface area contributed by atoms with Gasteiger partial charge in [0, 0.05) is 24.4 Å². The number of esters is 1. The molecule has 0 aliphatic carbocycles. The second kappa shape index (κ2) is 6.62. The molecule has 1 atom stereocenters. The quantitative estimate of drug-likeness (QED) is 0.765. The number of ether oxygens (including phenoxy) is 1. The smallest absolute Gasteiger partial charge is 0.349 e. The molecule has 1 N–H and O–H groups in total. The largest absolute Gasteiger partial charge is 0.478 e. The summed E-state index contributed by atoms with van der Waals surface area (Å²) in [4.78, 5) is 26.2. The fourth-order valence-electron chi connectivity index (χ4n) is 1.31. The van der Waals surface area contributed by atoms with Crippen molar-refractivity contribution in [2.45, 2.75) is 32.3 Å². The van der Waals surface area contributed by atoms with Crippen LogP contribution in [0.15, 0.2) is 24.5 Å². The van der Waals surface area contributed by atoms with E-state index in [1.165, 1.54) is 24.5 Å². The number of carbonyl (C=O) groups is 2. The van der Waals surface area contributed by atoms with E-state index in [9.17, 15) is 9.59 Å². The second-order valence-corrected chi connectivity index (χ2v) is 3.59. The van der Waals surface area contributed by atoms with Crippen molar-refractivity contribution in [2.75, 3.05) is 0 Å². The van der Waals surface area contributed by atoms with Gasteiger partial charge in [0.05, 0.1) is 0 Å². The summed E-state index contributed by atoms with van der Waals surface area (Å²) in [7, 11) is 0. The molecule has 0 saturated carbocycles. The molecule has 5 nitrogen and oxygen atoms in total. The van der Waals surface area contributed by atoms with Crippen molar-refractivity contribution in [1.82, 2.24) is 4.98 Å². The zero-order chi connectivity index (χ0) is 12.7. The molecule has 92 valence electrons. The third-order valence-corrected chi connectivity index (χ3v) is 2.22. The van der Waals surface area contributed by atoms with Gasteiger partial charge in [-0.3, -0.25) is 9.78 Å². The van der Waals surface area contributed by atoms with E-state index in [1.54, 1.807) is 0 Å². The van der Waals surface area contributed by atoms with E-state index in [2.05, 4.69) is 4.98 Å². The Balaban J connectivity index is 2.68. The Morgan fingerprint density at radius 2 is 2.06 bits per heavy atom. The highest BCUT2D eigenvalue weighted by Gasteiger charge is 2.23. The van der Waals surface area contributed by atoms with Gasteiger partial charge in [-0.1, -0.05) is 13.3 Å². The van der Waals surface area contributed by atoms with Crippen LogP contribution in [-0.2, 0) is 14.3 Å². The topological polar surface area (TPSA) is 76.5 Å². The summed E-state index contributed by atoms with van der Waals surface area (Å²) in [5.41, 5.74) is 0.414. The van der Waals surface area contributed by atoms with Crippen LogP contribution in [0.4, 0.5) is 0 Å². The molecule has 0 amide bonds. The number of carbonyl (C=O) groups excluding carboxylic acids is 1. The van der Waals surface area contributed by atoms with E-state index in [0.29, 0.717) is 12.0 Å².